The molecule has 0 bridgehead atoms. The Morgan fingerprint density at radius 3 is 2.62 bits per heavy atom. The number of aryl methyl sites for hydroxylation is 2. The Morgan fingerprint density at radius 1 is 1.38 bits per heavy atom. The SMILES string of the molecule is Cc1sc2nc(C(C)C)cn2c1C. The highest BCUT2D eigenvalue weighted by Crippen LogP contribution is 2.24. The normalized spacial score (nSPS) is 11.8. The molecule has 2 nitrogen and oxygen atoms in total. The van der Waals surface area contributed by atoms with Gasteiger partial charge >= 0.3 is 0 Å². The summed E-state index contributed by atoms with van der Waals surface area (Å²) in [6, 6.07) is 0. The summed E-state index contributed by atoms with van der Waals surface area (Å²) in [7, 11) is 0. The number of fused-ring (bicyclic) bond motifs is 1. The van der Waals surface area contributed by atoms with E-state index in [1.807, 2.05) is 0 Å². The average Bonchev–Trinajstić information content (AvgIpc) is 2.55. The molecular formula is C10H14N2S. The lowest BCUT2D eigenvalue weighted by atomic mass is 10.2. The van der Waals surface area contributed by atoms with Crippen LogP contribution in [0.15, 0.2) is 6.20 Å². The number of imidazole rings is 1. The van der Waals surface area contributed by atoms with Gasteiger partial charge in [0.05, 0.1) is 5.69 Å². The van der Waals surface area contributed by atoms with Gasteiger partial charge in [-0.25, -0.2) is 4.98 Å². The van der Waals surface area contributed by atoms with Crippen LogP contribution in [0.3, 0.4) is 0 Å². The van der Waals surface area contributed by atoms with Gasteiger partial charge in [-0.3, -0.25) is 4.40 Å². The zero-order chi connectivity index (χ0) is 9.59. The largest absolute Gasteiger partial charge is 0.294 e. The standard InChI is InChI=1S/C10H14N2S/c1-6(2)9-5-12-7(3)8(4)13-10(12)11-9/h5-6H,1-4H3. The molecule has 2 rings (SSSR count). The van der Waals surface area contributed by atoms with E-state index in [-0.39, 0.29) is 0 Å². The highest BCUT2D eigenvalue weighted by molar-refractivity contribution is 7.17. The second-order valence-electron chi connectivity index (χ2n) is 3.72. The van der Waals surface area contributed by atoms with E-state index in [4.69, 9.17) is 0 Å². The summed E-state index contributed by atoms with van der Waals surface area (Å²) in [6.07, 6.45) is 2.15. The molecule has 0 radical (unpaired) electrons. The van der Waals surface area contributed by atoms with Crippen LogP contribution in [-0.2, 0) is 0 Å². The van der Waals surface area contributed by atoms with Crippen molar-refractivity contribution >= 4 is 16.3 Å². The quantitative estimate of drug-likeness (QED) is 0.681. The second-order valence-corrected chi connectivity index (χ2v) is 4.90. The number of rotatable bonds is 1. The van der Waals surface area contributed by atoms with E-state index in [9.17, 15) is 0 Å². The summed E-state index contributed by atoms with van der Waals surface area (Å²) >= 11 is 1.77. The molecule has 2 heterocycles. The van der Waals surface area contributed by atoms with Crippen molar-refractivity contribution < 1.29 is 0 Å². The average molecular weight is 194 g/mol. The van der Waals surface area contributed by atoms with E-state index in [0.717, 1.165) is 4.96 Å². The van der Waals surface area contributed by atoms with Crippen LogP contribution >= 0.6 is 11.3 Å². The topological polar surface area (TPSA) is 17.3 Å². The van der Waals surface area contributed by atoms with Crippen LogP contribution < -0.4 is 0 Å². The molecule has 0 spiro atoms. The van der Waals surface area contributed by atoms with E-state index in [1.165, 1.54) is 16.3 Å². The summed E-state index contributed by atoms with van der Waals surface area (Å²) < 4.78 is 2.19. The fourth-order valence-corrected chi connectivity index (χ4v) is 2.31. The molecule has 2 aromatic rings. The molecule has 70 valence electrons. The van der Waals surface area contributed by atoms with Gasteiger partial charge in [0, 0.05) is 16.8 Å². The fraction of sp³-hybridized carbons (Fsp3) is 0.500. The first-order chi connectivity index (χ1) is 6.09. The monoisotopic (exact) mass is 194 g/mol. The van der Waals surface area contributed by atoms with Crippen molar-refractivity contribution in [3.05, 3.63) is 22.5 Å². The van der Waals surface area contributed by atoms with Crippen molar-refractivity contribution in [2.45, 2.75) is 33.6 Å². The summed E-state index contributed by atoms with van der Waals surface area (Å²) in [5, 5.41) is 0. The highest BCUT2D eigenvalue weighted by Gasteiger charge is 2.10. The minimum absolute atomic E-state index is 0.520. The van der Waals surface area contributed by atoms with Crippen LogP contribution in [0.1, 0.15) is 36.0 Å². The van der Waals surface area contributed by atoms with Crippen molar-refractivity contribution in [1.29, 1.82) is 0 Å². The van der Waals surface area contributed by atoms with Crippen LogP contribution in [0, 0.1) is 13.8 Å². The van der Waals surface area contributed by atoms with Gasteiger partial charge in [0.15, 0.2) is 4.96 Å². The summed E-state index contributed by atoms with van der Waals surface area (Å²) in [6.45, 7) is 8.64. The van der Waals surface area contributed by atoms with Crippen molar-refractivity contribution in [3.63, 3.8) is 0 Å². The minimum Gasteiger partial charge on any atom is -0.294 e. The fourth-order valence-electron chi connectivity index (χ4n) is 1.35. The molecular weight excluding hydrogens is 180 g/mol. The third-order valence-corrected chi connectivity index (χ3v) is 3.47. The lowest BCUT2D eigenvalue weighted by Gasteiger charge is -1.96. The molecule has 2 aromatic heterocycles. The Morgan fingerprint density at radius 2 is 2.08 bits per heavy atom. The first kappa shape index (κ1) is 8.75. The van der Waals surface area contributed by atoms with E-state index < -0.39 is 0 Å². The number of thiazole rings is 1. The van der Waals surface area contributed by atoms with Gasteiger partial charge in [-0.2, -0.15) is 0 Å². The number of aromatic nitrogens is 2. The van der Waals surface area contributed by atoms with Gasteiger partial charge in [0.25, 0.3) is 0 Å². The molecule has 0 aliphatic carbocycles. The molecule has 13 heavy (non-hydrogen) atoms. The van der Waals surface area contributed by atoms with Gasteiger partial charge < -0.3 is 0 Å². The van der Waals surface area contributed by atoms with Gasteiger partial charge in [0.2, 0.25) is 0 Å². The van der Waals surface area contributed by atoms with E-state index in [0.29, 0.717) is 5.92 Å². The molecule has 0 amide bonds. The Labute approximate surface area is 82.2 Å². The number of hydrogen-bond acceptors (Lipinski definition) is 2. The third-order valence-electron chi connectivity index (χ3n) is 2.40. The molecule has 0 N–H and O–H groups in total. The van der Waals surface area contributed by atoms with Gasteiger partial charge in [-0.05, 0) is 19.8 Å². The Balaban J connectivity index is 2.65. The Hall–Kier alpha value is -0.830. The Kier molecular flexibility index (Phi) is 1.91. The van der Waals surface area contributed by atoms with Crippen LogP contribution in [-0.4, -0.2) is 9.38 Å². The maximum Gasteiger partial charge on any atom is 0.194 e. The minimum atomic E-state index is 0.520. The molecule has 0 saturated heterocycles. The van der Waals surface area contributed by atoms with Crippen molar-refractivity contribution in [1.82, 2.24) is 9.38 Å². The lowest BCUT2D eigenvalue weighted by molar-refractivity contribution is 0.833. The first-order valence-corrected chi connectivity index (χ1v) is 5.36. The smallest absolute Gasteiger partial charge is 0.194 e. The summed E-state index contributed by atoms with van der Waals surface area (Å²) in [4.78, 5) is 7.06. The van der Waals surface area contributed by atoms with Crippen LogP contribution in [0.5, 0.6) is 0 Å². The van der Waals surface area contributed by atoms with E-state index in [1.54, 1.807) is 11.3 Å². The Bertz CT molecular complexity index is 437. The predicted molar refractivity (Wildman–Crippen MR) is 56.6 cm³/mol. The number of hydrogen-bond donors (Lipinski definition) is 0. The van der Waals surface area contributed by atoms with Gasteiger partial charge in [-0.1, -0.05) is 13.8 Å². The van der Waals surface area contributed by atoms with Gasteiger partial charge in [-0.15, -0.1) is 11.3 Å². The molecule has 0 unspecified atom stereocenters. The zero-order valence-electron chi connectivity index (χ0n) is 8.46. The van der Waals surface area contributed by atoms with Crippen LogP contribution in [0.25, 0.3) is 4.96 Å². The van der Waals surface area contributed by atoms with Crippen molar-refractivity contribution in [3.8, 4) is 0 Å². The summed E-state index contributed by atoms with van der Waals surface area (Å²) in [5.41, 5.74) is 2.51. The zero-order valence-corrected chi connectivity index (χ0v) is 9.27. The van der Waals surface area contributed by atoms with Crippen LogP contribution in [0.4, 0.5) is 0 Å². The third kappa shape index (κ3) is 1.27. The maximum absolute atomic E-state index is 4.58. The highest BCUT2D eigenvalue weighted by atomic mass is 32.1. The van der Waals surface area contributed by atoms with E-state index >= 15 is 0 Å². The predicted octanol–water partition coefficient (Wildman–Crippen LogP) is 3.14. The van der Waals surface area contributed by atoms with E-state index in [2.05, 4.69) is 43.3 Å². The molecule has 0 aliphatic heterocycles. The van der Waals surface area contributed by atoms with Crippen molar-refractivity contribution in [2.24, 2.45) is 0 Å². The van der Waals surface area contributed by atoms with Gasteiger partial charge in [0.1, 0.15) is 0 Å². The molecule has 3 heteroatoms. The molecule has 0 fully saturated rings. The summed E-state index contributed by atoms with van der Waals surface area (Å²) in [5.74, 6) is 0.520. The lowest BCUT2D eigenvalue weighted by Crippen LogP contribution is -1.86. The first-order valence-electron chi connectivity index (χ1n) is 4.54. The molecule has 0 atom stereocenters. The molecule has 0 aromatic carbocycles. The van der Waals surface area contributed by atoms with Crippen LogP contribution in [0.2, 0.25) is 0 Å². The molecule has 0 aliphatic rings. The number of nitrogens with zero attached hydrogens (tertiary/aromatic N) is 2. The van der Waals surface area contributed by atoms with Crippen molar-refractivity contribution in [2.75, 3.05) is 0 Å². The second kappa shape index (κ2) is 2.84. The molecule has 0 saturated carbocycles. The maximum atomic E-state index is 4.58.